The Balaban J connectivity index is 2.56. The topological polar surface area (TPSA) is 29.1 Å². The maximum Gasteiger partial charge on any atom is 0.225 e. The first-order chi connectivity index (χ1) is 5.19. The lowest BCUT2D eigenvalue weighted by Crippen LogP contribution is -2.38. The van der Waals surface area contributed by atoms with E-state index in [1.54, 1.807) is 7.05 Å². The zero-order valence-corrected chi connectivity index (χ0v) is 7.44. The summed E-state index contributed by atoms with van der Waals surface area (Å²) in [5, 5.41) is 2.74. The lowest BCUT2D eigenvalue weighted by Gasteiger charge is -2.31. The summed E-state index contributed by atoms with van der Waals surface area (Å²) in [6, 6.07) is 0. The van der Waals surface area contributed by atoms with Crippen LogP contribution in [-0.4, -0.2) is 13.0 Å². The lowest BCUT2D eigenvalue weighted by molar-refractivity contribution is -0.131. The second-order valence-electron chi connectivity index (χ2n) is 3.70. The second kappa shape index (κ2) is 3.24. The fourth-order valence-electron chi connectivity index (χ4n) is 1.86. The van der Waals surface area contributed by atoms with Crippen LogP contribution in [0, 0.1) is 5.41 Å². The van der Waals surface area contributed by atoms with E-state index in [9.17, 15) is 4.79 Å². The molecule has 64 valence electrons. The molecule has 1 N–H and O–H groups in total. The quantitative estimate of drug-likeness (QED) is 0.613. The standard InChI is InChI=1S/C9H17NO/c1-9(8(11)10-2)6-4-3-5-7-9/h3-7H2,1-2H3,(H,10,11). The van der Waals surface area contributed by atoms with Gasteiger partial charge in [0.2, 0.25) is 5.91 Å². The molecule has 1 amide bonds. The third-order valence-electron chi connectivity index (χ3n) is 2.73. The monoisotopic (exact) mass is 155 g/mol. The molecule has 2 heteroatoms. The van der Waals surface area contributed by atoms with E-state index < -0.39 is 0 Å². The van der Waals surface area contributed by atoms with Gasteiger partial charge in [0.05, 0.1) is 0 Å². The Labute approximate surface area is 68.4 Å². The molecule has 1 fully saturated rings. The molecule has 0 aliphatic heterocycles. The van der Waals surface area contributed by atoms with Crippen molar-refractivity contribution in [3.05, 3.63) is 0 Å². The average molecular weight is 155 g/mol. The molecule has 0 unspecified atom stereocenters. The number of amides is 1. The molecular formula is C9H17NO. The number of nitrogens with one attached hydrogen (secondary N) is 1. The molecule has 0 heterocycles. The van der Waals surface area contributed by atoms with Crippen molar-refractivity contribution >= 4 is 5.91 Å². The van der Waals surface area contributed by atoms with Gasteiger partial charge in [-0.3, -0.25) is 4.79 Å². The molecule has 0 bridgehead atoms. The molecule has 1 aliphatic rings. The predicted molar refractivity (Wildman–Crippen MR) is 45.3 cm³/mol. The molecule has 0 radical (unpaired) electrons. The van der Waals surface area contributed by atoms with Gasteiger partial charge < -0.3 is 5.32 Å². The van der Waals surface area contributed by atoms with Crippen LogP contribution in [-0.2, 0) is 4.79 Å². The zero-order valence-electron chi connectivity index (χ0n) is 7.44. The number of carbonyl (C=O) groups is 1. The highest BCUT2D eigenvalue weighted by molar-refractivity contribution is 5.81. The summed E-state index contributed by atoms with van der Waals surface area (Å²) in [5.41, 5.74) is -0.0625. The highest BCUT2D eigenvalue weighted by Gasteiger charge is 2.33. The zero-order chi connectivity index (χ0) is 8.32. The first kappa shape index (κ1) is 8.57. The fraction of sp³-hybridized carbons (Fsp3) is 0.889. The molecular weight excluding hydrogens is 138 g/mol. The van der Waals surface area contributed by atoms with Crippen LogP contribution < -0.4 is 5.32 Å². The van der Waals surface area contributed by atoms with E-state index in [0.717, 1.165) is 12.8 Å². The lowest BCUT2D eigenvalue weighted by atomic mass is 9.75. The molecule has 1 saturated carbocycles. The maximum absolute atomic E-state index is 11.4. The summed E-state index contributed by atoms with van der Waals surface area (Å²) in [6.07, 6.45) is 5.85. The molecule has 0 spiro atoms. The van der Waals surface area contributed by atoms with Gasteiger partial charge in [-0.05, 0) is 12.8 Å². The van der Waals surface area contributed by atoms with E-state index in [1.807, 2.05) is 0 Å². The van der Waals surface area contributed by atoms with Crippen molar-refractivity contribution in [2.45, 2.75) is 39.0 Å². The van der Waals surface area contributed by atoms with E-state index in [-0.39, 0.29) is 11.3 Å². The van der Waals surface area contributed by atoms with Crippen molar-refractivity contribution in [1.82, 2.24) is 5.32 Å². The number of rotatable bonds is 1. The normalized spacial score (nSPS) is 22.7. The largest absolute Gasteiger partial charge is 0.359 e. The van der Waals surface area contributed by atoms with Gasteiger partial charge in [-0.2, -0.15) is 0 Å². The summed E-state index contributed by atoms with van der Waals surface area (Å²) >= 11 is 0. The Morgan fingerprint density at radius 1 is 1.27 bits per heavy atom. The Bertz CT molecular complexity index is 148. The van der Waals surface area contributed by atoms with E-state index in [4.69, 9.17) is 0 Å². The molecule has 0 aromatic carbocycles. The van der Waals surface area contributed by atoms with Crippen LogP contribution in [0.5, 0.6) is 0 Å². The summed E-state index contributed by atoms with van der Waals surface area (Å²) in [7, 11) is 1.72. The third kappa shape index (κ3) is 1.73. The van der Waals surface area contributed by atoms with Crippen LogP contribution in [0.3, 0.4) is 0 Å². The molecule has 2 nitrogen and oxygen atoms in total. The Kier molecular flexibility index (Phi) is 2.53. The molecule has 0 saturated heterocycles. The molecule has 1 rings (SSSR count). The Hall–Kier alpha value is -0.530. The van der Waals surface area contributed by atoms with E-state index in [0.29, 0.717) is 0 Å². The summed E-state index contributed by atoms with van der Waals surface area (Å²) in [4.78, 5) is 11.4. The minimum absolute atomic E-state index is 0.0625. The Morgan fingerprint density at radius 3 is 2.27 bits per heavy atom. The highest BCUT2D eigenvalue weighted by atomic mass is 16.2. The van der Waals surface area contributed by atoms with Gasteiger partial charge in [0.1, 0.15) is 0 Å². The van der Waals surface area contributed by atoms with Crippen molar-refractivity contribution in [3.8, 4) is 0 Å². The van der Waals surface area contributed by atoms with E-state index >= 15 is 0 Å². The van der Waals surface area contributed by atoms with Gasteiger partial charge >= 0.3 is 0 Å². The highest BCUT2D eigenvalue weighted by Crippen LogP contribution is 2.35. The maximum atomic E-state index is 11.4. The van der Waals surface area contributed by atoms with Crippen molar-refractivity contribution < 1.29 is 4.79 Å². The molecule has 0 aromatic heterocycles. The molecule has 1 aliphatic carbocycles. The van der Waals surface area contributed by atoms with Gasteiger partial charge in [0.25, 0.3) is 0 Å². The van der Waals surface area contributed by atoms with Crippen LogP contribution in [0.25, 0.3) is 0 Å². The van der Waals surface area contributed by atoms with Crippen LogP contribution in [0.15, 0.2) is 0 Å². The fourth-order valence-corrected chi connectivity index (χ4v) is 1.86. The average Bonchev–Trinajstić information content (AvgIpc) is 2.04. The van der Waals surface area contributed by atoms with Crippen LogP contribution >= 0.6 is 0 Å². The van der Waals surface area contributed by atoms with Gasteiger partial charge in [0.15, 0.2) is 0 Å². The van der Waals surface area contributed by atoms with Crippen molar-refractivity contribution in [2.24, 2.45) is 5.41 Å². The molecule has 11 heavy (non-hydrogen) atoms. The van der Waals surface area contributed by atoms with Gasteiger partial charge in [-0.25, -0.2) is 0 Å². The van der Waals surface area contributed by atoms with Crippen molar-refractivity contribution in [2.75, 3.05) is 7.05 Å². The van der Waals surface area contributed by atoms with E-state index in [2.05, 4.69) is 12.2 Å². The first-order valence-electron chi connectivity index (χ1n) is 4.41. The summed E-state index contributed by atoms with van der Waals surface area (Å²) in [5.74, 6) is 0.220. The second-order valence-corrected chi connectivity index (χ2v) is 3.70. The number of hydrogen-bond acceptors (Lipinski definition) is 1. The first-order valence-corrected chi connectivity index (χ1v) is 4.41. The van der Waals surface area contributed by atoms with Crippen LogP contribution in [0.2, 0.25) is 0 Å². The predicted octanol–water partition coefficient (Wildman–Crippen LogP) is 1.70. The third-order valence-corrected chi connectivity index (χ3v) is 2.73. The SMILES string of the molecule is CNC(=O)C1(C)CCCCC1. The minimum Gasteiger partial charge on any atom is -0.359 e. The number of hydrogen-bond donors (Lipinski definition) is 1. The minimum atomic E-state index is -0.0625. The van der Waals surface area contributed by atoms with E-state index in [1.165, 1.54) is 19.3 Å². The van der Waals surface area contributed by atoms with Crippen molar-refractivity contribution in [3.63, 3.8) is 0 Å². The number of carbonyl (C=O) groups excluding carboxylic acids is 1. The Morgan fingerprint density at radius 2 is 1.82 bits per heavy atom. The van der Waals surface area contributed by atoms with Crippen molar-refractivity contribution in [1.29, 1.82) is 0 Å². The molecule has 0 aromatic rings. The van der Waals surface area contributed by atoms with Gasteiger partial charge in [-0.15, -0.1) is 0 Å². The summed E-state index contributed by atoms with van der Waals surface area (Å²) in [6.45, 7) is 2.07. The van der Waals surface area contributed by atoms with Crippen LogP contribution in [0.4, 0.5) is 0 Å². The van der Waals surface area contributed by atoms with Gasteiger partial charge in [0, 0.05) is 12.5 Å². The summed E-state index contributed by atoms with van der Waals surface area (Å²) < 4.78 is 0. The van der Waals surface area contributed by atoms with Crippen LogP contribution in [0.1, 0.15) is 39.0 Å². The smallest absolute Gasteiger partial charge is 0.225 e. The van der Waals surface area contributed by atoms with Gasteiger partial charge in [-0.1, -0.05) is 26.2 Å². The molecule has 0 atom stereocenters.